The number of rotatable bonds is 6. The Hall–Kier alpha value is -3.29. The van der Waals surface area contributed by atoms with Crippen LogP contribution in [-0.2, 0) is 22.6 Å². The van der Waals surface area contributed by atoms with Gasteiger partial charge in [-0.15, -0.1) is 0 Å². The van der Waals surface area contributed by atoms with Gasteiger partial charge in [-0.2, -0.15) is 0 Å². The molecule has 3 heterocycles. The van der Waals surface area contributed by atoms with E-state index in [1.165, 1.54) is 17.3 Å². The minimum atomic E-state index is -0.775. The minimum Gasteiger partial charge on any atom is -0.412 e. The van der Waals surface area contributed by atoms with E-state index in [4.69, 9.17) is 5.73 Å². The van der Waals surface area contributed by atoms with E-state index in [0.29, 0.717) is 25.8 Å². The number of hydrogen-bond acceptors (Lipinski definition) is 6. The second-order valence-corrected chi connectivity index (χ2v) is 6.41. The van der Waals surface area contributed by atoms with Crippen molar-refractivity contribution in [3.8, 4) is 0 Å². The van der Waals surface area contributed by atoms with Crippen molar-refractivity contribution in [1.82, 2.24) is 30.2 Å². The van der Waals surface area contributed by atoms with Gasteiger partial charge in [0.2, 0.25) is 11.8 Å². The normalized spacial score (nSPS) is 16.4. The van der Waals surface area contributed by atoms with Gasteiger partial charge in [0.05, 0.1) is 18.9 Å². The van der Waals surface area contributed by atoms with Crippen LogP contribution in [-0.4, -0.2) is 66.2 Å². The van der Waals surface area contributed by atoms with Crippen molar-refractivity contribution in [3.63, 3.8) is 0 Å². The van der Waals surface area contributed by atoms with Crippen LogP contribution in [0.25, 0.3) is 0 Å². The fourth-order valence-corrected chi connectivity index (χ4v) is 3.15. The van der Waals surface area contributed by atoms with Crippen molar-refractivity contribution in [1.29, 1.82) is 0 Å². The molecule has 160 valence electrons. The van der Waals surface area contributed by atoms with E-state index < -0.39 is 23.3 Å². The first kappa shape index (κ1) is 23.7. The molecule has 1 aliphatic rings. The Bertz CT molecular complexity index is 894. The molecule has 3 rings (SSSR count). The number of H-pyrrole nitrogens is 3. The van der Waals surface area contributed by atoms with Crippen molar-refractivity contribution in [3.05, 3.63) is 50.8 Å². The number of hydrogen-bond donors (Lipinski definition) is 5. The highest BCUT2D eigenvalue weighted by molar-refractivity contribution is 5.90. The Morgan fingerprint density at radius 1 is 1.28 bits per heavy atom. The molecule has 0 unspecified atom stereocenters. The first-order valence-electron chi connectivity index (χ1n) is 8.57. The molecule has 0 bridgehead atoms. The number of carbonyl (C=O) groups excluding carboxylic acids is 2. The standard InChI is InChI=1S/C16H21N7O4.2H2O/c17-11(4-9-6-18-8-20-9)15(26)23-3-1-2-12(23)14(25)19-7-10-5-13(24)22-16(27)21-10;;/h5-6,8,11-12H,1-4,7,17H2,(H,18,20)(H,19,25)(H2,21,22,24,27);2*1H2/t11-,12-;;/m0../s1. The molecule has 0 aliphatic carbocycles. The third-order valence-electron chi connectivity index (χ3n) is 4.42. The fraction of sp³-hybridized carbons (Fsp3) is 0.438. The summed E-state index contributed by atoms with van der Waals surface area (Å²) in [5.41, 5.74) is 5.83. The van der Waals surface area contributed by atoms with Crippen LogP contribution in [0, 0.1) is 0 Å². The second-order valence-electron chi connectivity index (χ2n) is 6.41. The maximum absolute atomic E-state index is 12.6. The molecule has 1 aliphatic heterocycles. The van der Waals surface area contributed by atoms with Gasteiger partial charge in [-0.1, -0.05) is 0 Å². The number of nitrogens with zero attached hydrogens (tertiary/aromatic N) is 2. The third-order valence-corrected chi connectivity index (χ3v) is 4.42. The zero-order chi connectivity index (χ0) is 19.4. The summed E-state index contributed by atoms with van der Waals surface area (Å²) in [6.45, 7) is 0.437. The molecule has 0 spiro atoms. The van der Waals surface area contributed by atoms with E-state index in [0.717, 1.165) is 5.69 Å². The summed E-state index contributed by atoms with van der Waals surface area (Å²) in [6.07, 6.45) is 4.64. The first-order chi connectivity index (χ1) is 12.9. The molecule has 13 heteroatoms. The molecule has 29 heavy (non-hydrogen) atoms. The first-order valence-corrected chi connectivity index (χ1v) is 8.57. The summed E-state index contributed by atoms with van der Waals surface area (Å²) in [7, 11) is 0. The van der Waals surface area contributed by atoms with Crippen LogP contribution in [0.3, 0.4) is 0 Å². The van der Waals surface area contributed by atoms with Gasteiger partial charge in [-0.25, -0.2) is 9.78 Å². The lowest BCUT2D eigenvalue weighted by Gasteiger charge is -2.26. The van der Waals surface area contributed by atoms with E-state index in [1.807, 2.05) is 0 Å². The highest BCUT2D eigenvalue weighted by Crippen LogP contribution is 2.19. The quantitative estimate of drug-likeness (QED) is 0.321. The minimum absolute atomic E-state index is 0. The largest absolute Gasteiger partial charge is 0.412 e. The molecule has 2 amide bonds. The number of imidazole rings is 1. The molecule has 13 nitrogen and oxygen atoms in total. The van der Waals surface area contributed by atoms with Gasteiger partial charge in [-0.3, -0.25) is 19.4 Å². The van der Waals surface area contributed by atoms with E-state index in [-0.39, 0.29) is 35.0 Å². The van der Waals surface area contributed by atoms with Gasteiger partial charge in [0.1, 0.15) is 6.04 Å². The maximum atomic E-state index is 12.6. The Labute approximate surface area is 164 Å². The van der Waals surface area contributed by atoms with Gasteiger partial charge < -0.3 is 36.9 Å². The predicted molar refractivity (Wildman–Crippen MR) is 102 cm³/mol. The zero-order valence-electron chi connectivity index (χ0n) is 15.5. The average molecular weight is 411 g/mol. The highest BCUT2D eigenvalue weighted by atomic mass is 16.2. The smallest absolute Gasteiger partial charge is 0.325 e. The summed E-state index contributed by atoms with van der Waals surface area (Å²) in [5.74, 6) is -0.650. The summed E-state index contributed by atoms with van der Waals surface area (Å²) in [6, 6.07) is -0.207. The van der Waals surface area contributed by atoms with Gasteiger partial charge in [0.25, 0.3) is 5.56 Å². The third kappa shape index (κ3) is 5.84. The number of likely N-dealkylation sites (tertiary alicyclic amines) is 1. The van der Waals surface area contributed by atoms with Gasteiger partial charge in [0, 0.05) is 36.6 Å². The van der Waals surface area contributed by atoms with E-state index in [1.54, 1.807) is 6.20 Å². The second kappa shape index (κ2) is 10.3. The Morgan fingerprint density at radius 2 is 2.03 bits per heavy atom. The average Bonchev–Trinajstić information content (AvgIpc) is 3.29. The molecule has 10 N–H and O–H groups in total. The number of nitrogens with two attached hydrogens (primary N) is 1. The summed E-state index contributed by atoms with van der Waals surface area (Å²) in [5, 5.41) is 2.65. The van der Waals surface area contributed by atoms with Gasteiger partial charge in [0.15, 0.2) is 0 Å². The van der Waals surface area contributed by atoms with Crippen molar-refractivity contribution in [2.45, 2.75) is 37.9 Å². The SMILES string of the molecule is N[C@@H](Cc1cnc[nH]1)C(=O)N1CCC[C@H]1C(=O)NCc1cc(=O)[nH]c(=O)[nH]1.O.O. The lowest BCUT2D eigenvalue weighted by Crippen LogP contribution is -2.51. The van der Waals surface area contributed by atoms with Crippen molar-refractivity contribution >= 4 is 11.8 Å². The Balaban J connectivity index is 0.00000210. The van der Waals surface area contributed by atoms with Crippen molar-refractivity contribution in [2.75, 3.05) is 6.54 Å². The highest BCUT2D eigenvalue weighted by Gasteiger charge is 2.36. The topological polar surface area (TPSA) is 233 Å². The Morgan fingerprint density at radius 3 is 2.69 bits per heavy atom. The van der Waals surface area contributed by atoms with Crippen LogP contribution in [0.4, 0.5) is 0 Å². The number of nitrogens with one attached hydrogen (secondary N) is 4. The molecule has 2 atom stereocenters. The molecule has 0 saturated carbocycles. The van der Waals surface area contributed by atoms with Crippen LogP contribution in [0.2, 0.25) is 0 Å². The molecule has 1 fully saturated rings. The van der Waals surface area contributed by atoms with Crippen molar-refractivity contribution in [2.24, 2.45) is 5.73 Å². The van der Waals surface area contributed by atoms with Crippen LogP contribution in [0.5, 0.6) is 0 Å². The lowest BCUT2D eigenvalue weighted by molar-refractivity contribution is -0.139. The number of aromatic nitrogens is 4. The van der Waals surface area contributed by atoms with Crippen molar-refractivity contribution < 1.29 is 20.5 Å². The molecular weight excluding hydrogens is 386 g/mol. The predicted octanol–water partition coefficient (Wildman–Crippen LogP) is -3.69. The maximum Gasteiger partial charge on any atom is 0.325 e. The fourth-order valence-electron chi connectivity index (χ4n) is 3.15. The van der Waals surface area contributed by atoms with Crippen LogP contribution < -0.4 is 22.3 Å². The number of amides is 2. The summed E-state index contributed by atoms with van der Waals surface area (Å²) < 4.78 is 0. The number of carbonyl (C=O) groups is 2. The molecule has 2 aromatic heterocycles. The van der Waals surface area contributed by atoms with E-state index in [9.17, 15) is 19.2 Å². The van der Waals surface area contributed by atoms with E-state index >= 15 is 0 Å². The Kier molecular flexibility index (Phi) is 8.44. The molecule has 0 radical (unpaired) electrons. The van der Waals surface area contributed by atoms with Crippen LogP contribution >= 0.6 is 0 Å². The lowest BCUT2D eigenvalue weighted by atomic mass is 10.1. The molecular formula is C16H25N7O6. The van der Waals surface area contributed by atoms with Crippen LogP contribution in [0.15, 0.2) is 28.2 Å². The summed E-state index contributed by atoms with van der Waals surface area (Å²) in [4.78, 5) is 60.5. The molecule has 0 aromatic carbocycles. The monoisotopic (exact) mass is 411 g/mol. The van der Waals surface area contributed by atoms with E-state index in [2.05, 4.69) is 25.3 Å². The van der Waals surface area contributed by atoms with Crippen LogP contribution in [0.1, 0.15) is 24.2 Å². The number of aromatic amines is 3. The van der Waals surface area contributed by atoms with Gasteiger partial charge >= 0.3 is 5.69 Å². The van der Waals surface area contributed by atoms with Gasteiger partial charge in [-0.05, 0) is 12.8 Å². The molecule has 2 aromatic rings. The zero-order valence-corrected chi connectivity index (χ0v) is 15.5. The summed E-state index contributed by atoms with van der Waals surface area (Å²) >= 11 is 0. The molecule has 1 saturated heterocycles.